The first kappa shape index (κ1) is 13.8. The van der Waals surface area contributed by atoms with Gasteiger partial charge in [-0.1, -0.05) is 27.7 Å². The highest BCUT2D eigenvalue weighted by Crippen LogP contribution is 2.37. The lowest BCUT2D eigenvalue weighted by Gasteiger charge is -2.14. The summed E-state index contributed by atoms with van der Waals surface area (Å²) in [5.41, 5.74) is 0.688. The Kier molecular flexibility index (Phi) is 4.38. The van der Waals surface area contributed by atoms with Gasteiger partial charge in [0.05, 0.1) is 0 Å². The Morgan fingerprint density at radius 1 is 1.00 bits per heavy atom. The lowest BCUT2D eigenvalue weighted by atomic mass is 9.95. The number of benzene rings is 1. The maximum Gasteiger partial charge on any atom is 0.163 e. The first-order valence-corrected chi connectivity index (χ1v) is 6.05. The van der Waals surface area contributed by atoms with E-state index in [9.17, 15) is 14.6 Å². The van der Waals surface area contributed by atoms with Crippen molar-refractivity contribution in [2.75, 3.05) is 0 Å². The minimum absolute atomic E-state index is 0.171. The zero-order valence-corrected chi connectivity index (χ0v) is 10.9. The fourth-order valence-corrected chi connectivity index (χ4v) is 1.91. The molecule has 2 N–H and O–H groups in total. The van der Waals surface area contributed by atoms with Gasteiger partial charge in [0.1, 0.15) is 5.82 Å². The Balaban J connectivity index is 3.17. The molecule has 0 atom stereocenters. The predicted octanol–water partition coefficient (Wildman–Crippen LogP) is 3.63. The fraction of sp³-hybridized carbons (Fsp3) is 0.571. The summed E-state index contributed by atoms with van der Waals surface area (Å²) in [5.74, 6) is -0.365. The summed E-state index contributed by atoms with van der Waals surface area (Å²) in [5, 5.41) is 19.7. The molecular weight excluding hydrogens is 219 g/mol. The molecule has 0 amide bonds. The SMILES string of the molecule is CC(C)Cc1cc(F)c(CC(C)C)c(O)c1O. The van der Waals surface area contributed by atoms with Crippen LogP contribution in [0.2, 0.25) is 0 Å². The molecule has 3 heteroatoms. The molecule has 1 aromatic carbocycles. The third kappa shape index (κ3) is 3.35. The fourth-order valence-electron chi connectivity index (χ4n) is 1.91. The lowest BCUT2D eigenvalue weighted by Crippen LogP contribution is -2.02. The summed E-state index contributed by atoms with van der Waals surface area (Å²) in [6.45, 7) is 7.85. The lowest BCUT2D eigenvalue weighted by molar-refractivity contribution is 0.384. The number of rotatable bonds is 4. The smallest absolute Gasteiger partial charge is 0.163 e. The van der Waals surface area contributed by atoms with Crippen molar-refractivity contribution in [2.45, 2.75) is 40.5 Å². The van der Waals surface area contributed by atoms with E-state index in [1.807, 2.05) is 27.7 Å². The molecule has 0 heterocycles. The van der Waals surface area contributed by atoms with E-state index in [4.69, 9.17) is 0 Å². The van der Waals surface area contributed by atoms with Crippen LogP contribution in [0.25, 0.3) is 0 Å². The van der Waals surface area contributed by atoms with Crippen LogP contribution in [-0.4, -0.2) is 10.2 Å². The second kappa shape index (κ2) is 5.39. The molecule has 0 saturated carbocycles. The van der Waals surface area contributed by atoms with Crippen molar-refractivity contribution in [1.29, 1.82) is 0 Å². The molecule has 0 aliphatic rings. The molecule has 2 nitrogen and oxygen atoms in total. The molecule has 0 unspecified atom stereocenters. The van der Waals surface area contributed by atoms with E-state index in [0.29, 0.717) is 24.3 Å². The second-order valence-corrected chi connectivity index (χ2v) is 5.39. The van der Waals surface area contributed by atoms with E-state index in [1.54, 1.807) is 0 Å². The summed E-state index contributed by atoms with van der Waals surface area (Å²) in [6.07, 6.45) is 0.978. The van der Waals surface area contributed by atoms with E-state index in [-0.39, 0.29) is 23.0 Å². The first-order chi connectivity index (χ1) is 7.82. The van der Waals surface area contributed by atoms with Crippen LogP contribution >= 0.6 is 0 Å². The van der Waals surface area contributed by atoms with Crippen molar-refractivity contribution >= 4 is 0 Å². The molecular formula is C14H21FO2. The molecule has 0 spiro atoms. The summed E-state index contributed by atoms with van der Waals surface area (Å²) in [7, 11) is 0. The molecule has 0 aliphatic heterocycles. The minimum Gasteiger partial charge on any atom is -0.504 e. The third-order valence-corrected chi connectivity index (χ3v) is 2.64. The topological polar surface area (TPSA) is 40.5 Å². The molecule has 0 saturated heterocycles. The van der Waals surface area contributed by atoms with E-state index >= 15 is 0 Å². The average molecular weight is 240 g/mol. The van der Waals surface area contributed by atoms with E-state index < -0.39 is 5.82 Å². The monoisotopic (exact) mass is 240 g/mol. The standard InChI is InChI=1S/C14H21FO2/c1-8(2)5-10-7-12(15)11(6-9(3)4)14(17)13(10)16/h7-9,16-17H,5-6H2,1-4H3. The second-order valence-electron chi connectivity index (χ2n) is 5.39. The highest BCUT2D eigenvalue weighted by molar-refractivity contribution is 5.51. The first-order valence-electron chi connectivity index (χ1n) is 6.05. The van der Waals surface area contributed by atoms with Gasteiger partial charge in [-0.25, -0.2) is 4.39 Å². The highest BCUT2D eigenvalue weighted by Gasteiger charge is 2.18. The molecule has 17 heavy (non-hydrogen) atoms. The van der Waals surface area contributed by atoms with Crippen molar-refractivity contribution < 1.29 is 14.6 Å². The van der Waals surface area contributed by atoms with Gasteiger partial charge in [-0.05, 0) is 30.7 Å². The van der Waals surface area contributed by atoms with Crippen LogP contribution in [0.15, 0.2) is 6.07 Å². The molecule has 0 aromatic heterocycles. The summed E-state index contributed by atoms with van der Waals surface area (Å²) < 4.78 is 13.8. The Morgan fingerprint density at radius 3 is 2.00 bits per heavy atom. The van der Waals surface area contributed by atoms with Gasteiger partial charge in [0.2, 0.25) is 0 Å². The van der Waals surface area contributed by atoms with Crippen LogP contribution < -0.4 is 0 Å². The van der Waals surface area contributed by atoms with Crippen LogP contribution in [0, 0.1) is 17.7 Å². The normalized spacial score (nSPS) is 11.5. The Bertz CT molecular complexity index is 398. The van der Waals surface area contributed by atoms with Gasteiger partial charge in [-0.3, -0.25) is 0 Å². The van der Waals surface area contributed by atoms with Crippen LogP contribution in [0.3, 0.4) is 0 Å². The van der Waals surface area contributed by atoms with Gasteiger partial charge in [-0.2, -0.15) is 0 Å². The van der Waals surface area contributed by atoms with Gasteiger partial charge >= 0.3 is 0 Å². The molecule has 1 rings (SSSR count). The third-order valence-electron chi connectivity index (χ3n) is 2.64. The van der Waals surface area contributed by atoms with Crippen LogP contribution in [0.5, 0.6) is 11.5 Å². The molecule has 0 fully saturated rings. The summed E-state index contributed by atoms with van der Waals surface area (Å²) >= 11 is 0. The predicted molar refractivity (Wildman–Crippen MR) is 66.8 cm³/mol. The average Bonchev–Trinajstić information content (AvgIpc) is 2.20. The van der Waals surface area contributed by atoms with Crippen molar-refractivity contribution in [1.82, 2.24) is 0 Å². The van der Waals surface area contributed by atoms with E-state index in [2.05, 4.69) is 0 Å². The zero-order valence-electron chi connectivity index (χ0n) is 10.9. The molecule has 1 aromatic rings. The van der Waals surface area contributed by atoms with E-state index in [0.717, 1.165) is 0 Å². The van der Waals surface area contributed by atoms with Gasteiger partial charge in [-0.15, -0.1) is 0 Å². The van der Waals surface area contributed by atoms with Crippen LogP contribution in [0.1, 0.15) is 38.8 Å². The van der Waals surface area contributed by atoms with Crippen molar-refractivity contribution in [2.24, 2.45) is 11.8 Å². The van der Waals surface area contributed by atoms with Crippen molar-refractivity contribution in [3.8, 4) is 11.5 Å². The van der Waals surface area contributed by atoms with Gasteiger partial charge in [0.25, 0.3) is 0 Å². The van der Waals surface area contributed by atoms with Crippen molar-refractivity contribution in [3.05, 3.63) is 23.0 Å². The zero-order chi connectivity index (χ0) is 13.2. The molecule has 0 radical (unpaired) electrons. The van der Waals surface area contributed by atoms with Crippen LogP contribution in [0.4, 0.5) is 4.39 Å². The van der Waals surface area contributed by atoms with Crippen molar-refractivity contribution in [3.63, 3.8) is 0 Å². The maximum absolute atomic E-state index is 13.8. The number of phenolic OH excluding ortho intramolecular Hbond substituents is 2. The molecule has 0 bridgehead atoms. The minimum atomic E-state index is -0.426. The summed E-state index contributed by atoms with van der Waals surface area (Å²) in [4.78, 5) is 0. The van der Waals surface area contributed by atoms with Crippen LogP contribution in [-0.2, 0) is 12.8 Å². The number of hydrogen-bond acceptors (Lipinski definition) is 2. The largest absolute Gasteiger partial charge is 0.504 e. The molecule has 0 aliphatic carbocycles. The Labute approximate surface area is 102 Å². The number of hydrogen-bond donors (Lipinski definition) is 2. The number of phenols is 2. The Hall–Kier alpha value is -1.25. The highest BCUT2D eigenvalue weighted by atomic mass is 19.1. The maximum atomic E-state index is 13.8. The summed E-state index contributed by atoms with van der Waals surface area (Å²) in [6, 6.07) is 1.34. The van der Waals surface area contributed by atoms with Gasteiger partial charge in [0.15, 0.2) is 11.5 Å². The van der Waals surface area contributed by atoms with Gasteiger partial charge < -0.3 is 10.2 Å². The number of halogens is 1. The number of aromatic hydroxyl groups is 2. The quantitative estimate of drug-likeness (QED) is 0.789. The van der Waals surface area contributed by atoms with E-state index in [1.165, 1.54) is 6.07 Å². The Morgan fingerprint density at radius 2 is 1.53 bits per heavy atom. The van der Waals surface area contributed by atoms with Gasteiger partial charge in [0, 0.05) is 11.1 Å². The molecule has 96 valence electrons.